The average molecular weight is 323 g/mol. The minimum atomic E-state index is 0. The maximum atomic E-state index is 3.40. The quantitative estimate of drug-likeness (QED) is 0.800. The number of rotatable bonds is 4. The Labute approximate surface area is 126 Å². The number of aromatic amines is 1. The Hall–Kier alpha value is -1.09. The Morgan fingerprint density at radius 2 is 1.74 bits per heavy atom. The molecule has 1 aromatic carbocycles. The fourth-order valence-corrected chi connectivity index (χ4v) is 2.65. The van der Waals surface area contributed by atoms with Gasteiger partial charge in [-0.3, -0.25) is 0 Å². The highest BCUT2D eigenvalue weighted by Crippen LogP contribution is 2.24. The molecule has 3 heteroatoms. The highest BCUT2D eigenvalue weighted by molar-refractivity contribution is 5.63. The Morgan fingerprint density at radius 3 is 2.32 bits per heavy atom. The summed E-state index contributed by atoms with van der Waals surface area (Å²) in [5.41, 5.74) is 5.38. The molecule has 0 aliphatic rings. The van der Waals surface area contributed by atoms with Crippen LogP contribution >= 0.6 is 0 Å². The number of H-pyrrole nitrogens is 1. The first-order valence-corrected chi connectivity index (χ1v) is 6.78. The summed E-state index contributed by atoms with van der Waals surface area (Å²) in [7, 11) is 0. The van der Waals surface area contributed by atoms with Crippen LogP contribution in [0.4, 0.5) is 0 Å². The van der Waals surface area contributed by atoms with E-state index in [4.69, 9.17) is 0 Å². The van der Waals surface area contributed by atoms with Crippen molar-refractivity contribution >= 4 is 0 Å². The van der Waals surface area contributed by atoms with Gasteiger partial charge in [0.2, 0.25) is 0 Å². The summed E-state index contributed by atoms with van der Waals surface area (Å²) in [6.07, 6.45) is 6.62. The summed E-state index contributed by atoms with van der Waals surface area (Å²) in [6, 6.07) is 4.51. The number of nitrogens with zero attached hydrogens (tertiary/aromatic N) is 1. The predicted octanol–water partition coefficient (Wildman–Crippen LogP) is 0.699. The molecule has 0 radical (unpaired) electrons. The van der Waals surface area contributed by atoms with Crippen LogP contribution in [0.5, 0.6) is 0 Å². The highest BCUT2D eigenvalue weighted by atomic mass is 79.9. The summed E-state index contributed by atoms with van der Waals surface area (Å²) in [6.45, 7) is 9.86. The van der Waals surface area contributed by atoms with Crippen LogP contribution in [0.25, 0.3) is 11.4 Å². The zero-order valence-corrected chi connectivity index (χ0v) is 13.8. The van der Waals surface area contributed by atoms with Gasteiger partial charge in [0, 0.05) is 0 Å². The molecule has 0 bridgehead atoms. The van der Waals surface area contributed by atoms with Crippen LogP contribution in [0.2, 0.25) is 0 Å². The van der Waals surface area contributed by atoms with E-state index in [0.717, 1.165) is 6.54 Å². The number of aryl methyl sites for hydroxylation is 4. The van der Waals surface area contributed by atoms with Gasteiger partial charge < -0.3 is 17.0 Å². The molecule has 1 heterocycles. The van der Waals surface area contributed by atoms with Gasteiger partial charge in [-0.05, 0) is 38.3 Å². The first-order chi connectivity index (χ1) is 8.63. The molecule has 0 fully saturated rings. The molecule has 1 N–H and O–H groups in total. The number of unbranched alkanes of at least 4 members (excludes halogenated alkanes) is 1. The van der Waals surface area contributed by atoms with Crippen molar-refractivity contribution in [2.45, 2.75) is 47.1 Å². The number of hydrogen-bond donors (Lipinski definition) is 1. The molecule has 2 nitrogen and oxygen atoms in total. The smallest absolute Gasteiger partial charge is 0.287 e. The molecule has 1 aromatic heterocycles. The van der Waals surface area contributed by atoms with E-state index in [2.05, 4.69) is 55.6 Å². The largest absolute Gasteiger partial charge is 1.00 e. The number of hydrogen-bond acceptors (Lipinski definition) is 0. The normalized spacial score (nSPS) is 10.3. The number of imidazole rings is 1. The van der Waals surface area contributed by atoms with Gasteiger partial charge in [0.05, 0.1) is 12.1 Å². The van der Waals surface area contributed by atoms with Crippen LogP contribution in [0.3, 0.4) is 0 Å². The van der Waals surface area contributed by atoms with Gasteiger partial charge in [0.25, 0.3) is 5.82 Å². The van der Waals surface area contributed by atoms with Crippen LogP contribution in [0.1, 0.15) is 36.5 Å². The van der Waals surface area contributed by atoms with E-state index in [0.29, 0.717) is 0 Å². The van der Waals surface area contributed by atoms with Gasteiger partial charge in [-0.1, -0.05) is 31.0 Å². The first kappa shape index (κ1) is 16.0. The summed E-state index contributed by atoms with van der Waals surface area (Å²) < 4.78 is 2.33. The Bertz CT molecular complexity index is 520. The van der Waals surface area contributed by atoms with Gasteiger partial charge in [-0.25, -0.2) is 9.55 Å². The van der Waals surface area contributed by atoms with Crippen molar-refractivity contribution in [1.29, 1.82) is 0 Å². The lowest BCUT2D eigenvalue weighted by Crippen LogP contribution is -3.00. The molecular formula is C16H23BrN2. The second kappa shape index (κ2) is 6.90. The second-order valence-electron chi connectivity index (χ2n) is 5.13. The maximum absolute atomic E-state index is 3.40. The zero-order chi connectivity index (χ0) is 13.1. The van der Waals surface area contributed by atoms with Crippen LogP contribution < -0.4 is 21.5 Å². The fraction of sp³-hybridized carbons (Fsp3) is 0.438. The maximum Gasteiger partial charge on any atom is 0.287 e. The van der Waals surface area contributed by atoms with Crippen molar-refractivity contribution in [3.63, 3.8) is 0 Å². The van der Waals surface area contributed by atoms with Gasteiger partial charge in [-0.2, -0.15) is 0 Å². The van der Waals surface area contributed by atoms with E-state index in [1.807, 2.05) is 6.20 Å². The van der Waals surface area contributed by atoms with E-state index in [9.17, 15) is 0 Å². The number of aromatic nitrogens is 2. The van der Waals surface area contributed by atoms with Crippen molar-refractivity contribution < 1.29 is 21.5 Å². The molecule has 19 heavy (non-hydrogen) atoms. The zero-order valence-electron chi connectivity index (χ0n) is 12.3. The van der Waals surface area contributed by atoms with Crippen LogP contribution in [-0.4, -0.2) is 4.98 Å². The van der Waals surface area contributed by atoms with Crippen molar-refractivity contribution in [2.75, 3.05) is 0 Å². The number of nitrogens with one attached hydrogen (secondary N) is 1. The highest BCUT2D eigenvalue weighted by Gasteiger charge is 2.17. The summed E-state index contributed by atoms with van der Waals surface area (Å²) >= 11 is 0. The van der Waals surface area contributed by atoms with Crippen molar-refractivity contribution in [3.05, 3.63) is 41.2 Å². The van der Waals surface area contributed by atoms with Crippen molar-refractivity contribution in [3.8, 4) is 11.4 Å². The molecule has 104 valence electrons. The lowest BCUT2D eigenvalue weighted by atomic mass is 9.99. The third-order valence-electron chi connectivity index (χ3n) is 3.43. The first-order valence-electron chi connectivity index (χ1n) is 6.78. The van der Waals surface area contributed by atoms with E-state index in [1.165, 1.54) is 40.9 Å². The van der Waals surface area contributed by atoms with Crippen LogP contribution in [-0.2, 0) is 6.54 Å². The fourth-order valence-electron chi connectivity index (χ4n) is 2.65. The van der Waals surface area contributed by atoms with Gasteiger partial charge in [-0.15, -0.1) is 0 Å². The van der Waals surface area contributed by atoms with Crippen molar-refractivity contribution in [1.82, 2.24) is 4.98 Å². The molecular weight excluding hydrogens is 300 g/mol. The molecule has 0 spiro atoms. The molecule has 0 saturated heterocycles. The number of benzene rings is 1. The van der Waals surface area contributed by atoms with Gasteiger partial charge in [0.15, 0.2) is 0 Å². The second-order valence-corrected chi connectivity index (χ2v) is 5.13. The number of halogens is 1. The molecule has 2 rings (SSSR count). The average Bonchev–Trinajstić information content (AvgIpc) is 2.73. The lowest BCUT2D eigenvalue weighted by Gasteiger charge is -2.08. The minimum Gasteiger partial charge on any atom is -1.00 e. The Balaban J connectivity index is 0.00000180. The summed E-state index contributed by atoms with van der Waals surface area (Å²) in [5.74, 6) is 1.23. The third kappa shape index (κ3) is 3.47. The van der Waals surface area contributed by atoms with E-state index >= 15 is 0 Å². The van der Waals surface area contributed by atoms with Crippen molar-refractivity contribution in [2.24, 2.45) is 0 Å². The Morgan fingerprint density at radius 1 is 1.11 bits per heavy atom. The van der Waals surface area contributed by atoms with Gasteiger partial charge >= 0.3 is 0 Å². The molecule has 2 aromatic rings. The molecule has 0 aliphatic carbocycles. The minimum absolute atomic E-state index is 0. The standard InChI is InChI=1S/C16H22N2.BrH/c1-5-6-8-18-9-7-17-16(18)15-13(3)10-12(2)11-14(15)4;/h7,9-11H,5-6,8H2,1-4H3;1H. The van der Waals surface area contributed by atoms with E-state index in [-0.39, 0.29) is 17.0 Å². The monoisotopic (exact) mass is 322 g/mol. The SMILES string of the molecule is CCCC[n+]1cc[nH]c1-c1c(C)cc(C)cc1C.[Br-]. The lowest BCUT2D eigenvalue weighted by molar-refractivity contribution is -0.685. The summed E-state index contributed by atoms with van der Waals surface area (Å²) in [4.78, 5) is 3.40. The van der Waals surface area contributed by atoms with E-state index in [1.54, 1.807) is 0 Å². The Kier molecular flexibility index (Phi) is 5.80. The molecule has 0 saturated carbocycles. The molecule has 0 atom stereocenters. The predicted molar refractivity (Wildman–Crippen MR) is 75.5 cm³/mol. The molecule has 0 amide bonds. The molecule has 0 aliphatic heterocycles. The topological polar surface area (TPSA) is 19.7 Å². The van der Waals surface area contributed by atoms with Crippen LogP contribution in [0, 0.1) is 20.8 Å². The van der Waals surface area contributed by atoms with Gasteiger partial charge in [0.1, 0.15) is 12.4 Å². The summed E-state index contributed by atoms with van der Waals surface area (Å²) in [5, 5.41) is 0. The van der Waals surface area contributed by atoms with Crippen LogP contribution in [0.15, 0.2) is 24.5 Å². The third-order valence-corrected chi connectivity index (χ3v) is 3.43. The van der Waals surface area contributed by atoms with E-state index < -0.39 is 0 Å². The molecule has 0 unspecified atom stereocenters.